The minimum Gasteiger partial charge on any atom is -0.367 e. The van der Waals surface area contributed by atoms with Crippen molar-refractivity contribution in [2.75, 3.05) is 0 Å². The van der Waals surface area contributed by atoms with Gasteiger partial charge in [0.05, 0.1) is 29.0 Å². The number of amides is 1. The van der Waals surface area contributed by atoms with Crippen LogP contribution in [0.2, 0.25) is 0 Å². The van der Waals surface area contributed by atoms with Crippen LogP contribution in [0.5, 0.6) is 0 Å². The Hall–Kier alpha value is -1.36. The van der Waals surface area contributed by atoms with E-state index in [9.17, 15) is 4.79 Å². The quantitative estimate of drug-likeness (QED) is 0.866. The molecule has 18 heavy (non-hydrogen) atoms. The Morgan fingerprint density at radius 1 is 1.50 bits per heavy atom. The van der Waals surface area contributed by atoms with Gasteiger partial charge in [-0.1, -0.05) is 0 Å². The van der Waals surface area contributed by atoms with Crippen LogP contribution in [0.3, 0.4) is 0 Å². The zero-order valence-electron chi connectivity index (χ0n) is 11.7. The Morgan fingerprint density at radius 3 is 2.61 bits per heavy atom. The number of hydrogen-bond acceptors (Lipinski definition) is 3. The van der Waals surface area contributed by atoms with Crippen molar-refractivity contribution in [3.8, 4) is 0 Å². The molecule has 1 aliphatic heterocycles. The van der Waals surface area contributed by atoms with Gasteiger partial charge >= 0.3 is 0 Å². The van der Waals surface area contributed by atoms with E-state index in [-0.39, 0.29) is 23.2 Å². The van der Waals surface area contributed by atoms with Gasteiger partial charge in [-0.25, -0.2) is 0 Å². The number of nitrogens with zero attached hydrogens (tertiary/aromatic N) is 2. The van der Waals surface area contributed by atoms with Gasteiger partial charge in [0, 0.05) is 13.2 Å². The Kier molecular flexibility index (Phi) is 2.97. The molecule has 2 rings (SSSR count). The van der Waals surface area contributed by atoms with Crippen molar-refractivity contribution < 1.29 is 9.53 Å². The van der Waals surface area contributed by atoms with Crippen molar-refractivity contribution in [2.24, 2.45) is 7.05 Å². The number of ether oxygens (including phenoxy) is 1. The maximum Gasteiger partial charge on any atom is 0.254 e. The van der Waals surface area contributed by atoms with Crippen LogP contribution in [-0.4, -0.2) is 32.9 Å². The molecule has 0 radical (unpaired) electrons. The molecule has 1 aliphatic rings. The first-order valence-electron chi connectivity index (χ1n) is 6.19. The van der Waals surface area contributed by atoms with Crippen molar-refractivity contribution in [3.05, 3.63) is 18.0 Å². The molecule has 0 spiro atoms. The number of carbonyl (C=O) groups excluding carboxylic acids is 1. The highest BCUT2D eigenvalue weighted by atomic mass is 16.5. The standard InChI is InChI=1S/C13H21N3O2/c1-12(2)6-10(13(3,4)18-12)15-11(17)9-7-14-16(5)8-9/h7-8,10H,6H2,1-5H3,(H,15,17)/t10-/m1/s1. The highest BCUT2D eigenvalue weighted by Gasteiger charge is 2.46. The molecule has 1 N–H and O–H groups in total. The molecule has 1 saturated heterocycles. The van der Waals surface area contributed by atoms with E-state index in [1.54, 1.807) is 24.1 Å². The van der Waals surface area contributed by atoms with Crippen LogP contribution in [-0.2, 0) is 11.8 Å². The maximum atomic E-state index is 12.1. The molecule has 2 heterocycles. The van der Waals surface area contributed by atoms with Crippen molar-refractivity contribution in [1.29, 1.82) is 0 Å². The highest BCUT2D eigenvalue weighted by Crippen LogP contribution is 2.37. The molecular formula is C13H21N3O2. The second-order valence-corrected chi connectivity index (χ2v) is 6.10. The lowest BCUT2D eigenvalue weighted by Crippen LogP contribution is -2.46. The lowest BCUT2D eigenvalue weighted by Gasteiger charge is -2.27. The first-order chi connectivity index (χ1) is 8.20. The molecule has 0 aliphatic carbocycles. The molecule has 100 valence electrons. The number of rotatable bonds is 2. The molecule has 0 unspecified atom stereocenters. The van der Waals surface area contributed by atoms with Crippen LogP contribution in [0, 0.1) is 0 Å². The molecule has 5 heteroatoms. The summed E-state index contributed by atoms with van der Waals surface area (Å²) < 4.78 is 7.58. The first kappa shape index (κ1) is 13.1. The molecule has 0 aromatic carbocycles. The predicted octanol–water partition coefficient (Wildman–Crippen LogP) is 1.50. The maximum absolute atomic E-state index is 12.1. The summed E-state index contributed by atoms with van der Waals surface area (Å²) in [6.45, 7) is 8.11. The van der Waals surface area contributed by atoms with E-state index in [0.717, 1.165) is 6.42 Å². The summed E-state index contributed by atoms with van der Waals surface area (Å²) in [4.78, 5) is 12.1. The number of aryl methyl sites for hydroxylation is 1. The molecule has 1 fully saturated rings. The fourth-order valence-corrected chi connectivity index (χ4v) is 2.57. The van der Waals surface area contributed by atoms with Crippen LogP contribution < -0.4 is 5.32 Å². The predicted molar refractivity (Wildman–Crippen MR) is 68.3 cm³/mol. The average molecular weight is 251 g/mol. The minimum absolute atomic E-state index is 0.0141. The minimum atomic E-state index is -0.346. The SMILES string of the molecule is Cn1cc(C(=O)N[C@@H]2CC(C)(C)OC2(C)C)cn1. The zero-order valence-corrected chi connectivity index (χ0v) is 11.7. The normalized spacial score (nSPS) is 25.1. The third-order valence-corrected chi connectivity index (χ3v) is 3.35. The molecule has 1 aromatic heterocycles. The van der Waals surface area contributed by atoms with Gasteiger partial charge in [0.15, 0.2) is 0 Å². The highest BCUT2D eigenvalue weighted by molar-refractivity contribution is 5.94. The molecule has 0 saturated carbocycles. The van der Waals surface area contributed by atoms with Gasteiger partial charge < -0.3 is 10.1 Å². The summed E-state index contributed by atoms with van der Waals surface area (Å²) in [7, 11) is 1.79. The van der Waals surface area contributed by atoms with E-state index in [0.29, 0.717) is 5.56 Å². The molecule has 1 amide bonds. The summed E-state index contributed by atoms with van der Waals surface area (Å²) in [5, 5.41) is 7.04. The Balaban J connectivity index is 2.08. The van der Waals surface area contributed by atoms with Gasteiger partial charge in [0.25, 0.3) is 5.91 Å². The van der Waals surface area contributed by atoms with Crippen molar-refractivity contribution in [3.63, 3.8) is 0 Å². The van der Waals surface area contributed by atoms with Crippen LogP contribution in [0.4, 0.5) is 0 Å². The zero-order chi connectivity index (χ0) is 13.6. The van der Waals surface area contributed by atoms with Gasteiger partial charge in [-0.15, -0.1) is 0 Å². The van der Waals surface area contributed by atoms with E-state index < -0.39 is 0 Å². The van der Waals surface area contributed by atoms with E-state index in [1.807, 2.05) is 27.7 Å². The van der Waals surface area contributed by atoms with E-state index >= 15 is 0 Å². The number of nitrogens with one attached hydrogen (secondary N) is 1. The Labute approximate surface area is 108 Å². The van der Waals surface area contributed by atoms with Gasteiger partial charge in [-0.2, -0.15) is 5.10 Å². The molecular weight excluding hydrogens is 230 g/mol. The Morgan fingerprint density at radius 2 is 2.17 bits per heavy atom. The second-order valence-electron chi connectivity index (χ2n) is 6.10. The molecule has 1 aromatic rings. The van der Waals surface area contributed by atoms with E-state index in [1.165, 1.54) is 0 Å². The smallest absolute Gasteiger partial charge is 0.254 e. The largest absolute Gasteiger partial charge is 0.367 e. The average Bonchev–Trinajstić information content (AvgIpc) is 2.68. The fourth-order valence-electron chi connectivity index (χ4n) is 2.57. The third-order valence-electron chi connectivity index (χ3n) is 3.35. The number of hydrogen-bond donors (Lipinski definition) is 1. The van der Waals surface area contributed by atoms with Crippen LogP contribution in [0.15, 0.2) is 12.4 Å². The number of aromatic nitrogens is 2. The van der Waals surface area contributed by atoms with E-state index in [2.05, 4.69) is 10.4 Å². The summed E-state index contributed by atoms with van der Waals surface area (Å²) >= 11 is 0. The Bertz CT molecular complexity index is 463. The van der Waals surface area contributed by atoms with Crippen LogP contribution >= 0.6 is 0 Å². The summed E-state index contributed by atoms with van der Waals surface area (Å²) in [6, 6.07) is 0.0141. The van der Waals surface area contributed by atoms with Gasteiger partial charge in [-0.05, 0) is 34.1 Å². The fraction of sp³-hybridized carbons (Fsp3) is 0.692. The lowest BCUT2D eigenvalue weighted by molar-refractivity contribution is -0.0693. The summed E-state index contributed by atoms with van der Waals surface area (Å²) in [5.41, 5.74) is 0.0376. The molecule has 5 nitrogen and oxygen atoms in total. The van der Waals surface area contributed by atoms with E-state index in [4.69, 9.17) is 4.74 Å². The lowest BCUT2D eigenvalue weighted by atomic mass is 9.94. The summed E-state index contributed by atoms with van der Waals surface area (Å²) in [5.74, 6) is -0.0949. The number of carbonyl (C=O) groups is 1. The topological polar surface area (TPSA) is 56.2 Å². The van der Waals surface area contributed by atoms with Crippen LogP contribution in [0.1, 0.15) is 44.5 Å². The van der Waals surface area contributed by atoms with Gasteiger partial charge in [-0.3, -0.25) is 9.48 Å². The first-order valence-corrected chi connectivity index (χ1v) is 6.19. The third kappa shape index (κ3) is 2.56. The monoisotopic (exact) mass is 251 g/mol. The van der Waals surface area contributed by atoms with Crippen LogP contribution in [0.25, 0.3) is 0 Å². The molecule has 1 atom stereocenters. The molecule has 0 bridgehead atoms. The van der Waals surface area contributed by atoms with Crippen molar-refractivity contribution >= 4 is 5.91 Å². The second kappa shape index (κ2) is 4.09. The summed E-state index contributed by atoms with van der Waals surface area (Å²) in [6.07, 6.45) is 4.10. The van der Waals surface area contributed by atoms with Crippen molar-refractivity contribution in [2.45, 2.75) is 51.4 Å². The van der Waals surface area contributed by atoms with Gasteiger partial charge in [0.1, 0.15) is 0 Å². The van der Waals surface area contributed by atoms with Crippen molar-refractivity contribution in [1.82, 2.24) is 15.1 Å². The van der Waals surface area contributed by atoms with Gasteiger partial charge in [0.2, 0.25) is 0 Å².